The number of benzene rings is 1. The van der Waals surface area contributed by atoms with Gasteiger partial charge in [-0.2, -0.15) is 0 Å². The van der Waals surface area contributed by atoms with Crippen LogP contribution in [0.4, 0.5) is 0 Å². The average molecular weight is 559 g/mol. The van der Waals surface area contributed by atoms with E-state index in [2.05, 4.69) is 58.2 Å². The van der Waals surface area contributed by atoms with Gasteiger partial charge < -0.3 is 19.4 Å². The Labute approximate surface area is 246 Å². The first kappa shape index (κ1) is 41.9. The fourth-order valence-corrected chi connectivity index (χ4v) is 3.33. The highest BCUT2D eigenvalue weighted by atomic mass is 16.5. The summed E-state index contributed by atoms with van der Waals surface area (Å²) < 4.78 is 11.0. The highest BCUT2D eigenvalue weighted by Gasteiger charge is 2.21. The van der Waals surface area contributed by atoms with Gasteiger partial charge in [0, 0.05) is 7.11 Å². The molecule has 0 saturated carbocycles. The molecule has 0 spiro atoms. The highest BCUT2D eigenvalue weighted by molar-refractivity contribution is 6.00. The molecule has 2 rings (SSSR count). The summed E-state index contributed by atoms with van der Waals surface area (Å²) >= 11 is 0. The second kappa shape index (κ2) is 24.2. The van der Waals surface area contributed by atoms with E-state index in [0.29, 0.717) is 6.61 Å². The summed E-state index contributed by atoms with van der Waals surface area (Å²) in [5.41, 5.74) is 7.06. The number of aldehydes is 1. The number of aliphatic hydroxyl groups excluding tert-OH is 1. The van der Waals surface area contributed by atoms with Crippen molar-refractivity contribution in [3.05, 3.63) is 76.9 Å². The largest absolute Gasteiger partial charge is 0.400 e. The molecule has 0 saturated heterocycles. The number of ether oxygens (including phenoxy) is 2. The van der Waals surface area contributed by atoms with E-state index < -0.39 is 0 Å². The molecule has 5 heteroatoms. The van der Waals surface area contributed by atoms with E-state index in [4.69, 9.17) is 14.6 Å². The number of rotatable bonds is 8. The number of hydrogen-bond donors (Lipinski definition) is 1. The maximum Gasteiger partial charge on any atom is 0.156 e. The van der Waals surface area contributed by atoms with E-state index in [1.807, 2.05) is 54.5 Å². The van der Waals surface area contributed by atoms with Crippen molar-refractivity contribution in [2.75, 3.05) is 20.3 Å². The van der Waals surface area contributed by atoms with E-state index >= 15 is 0 Å². The normalized spacial score (nSPS) is 13.6. The summed E-state index contributed by atoms with van der Waals surface area (Å²) in [5.74, 6) is 0.0779. The van der Waals surface area contributed by atoms with Crippen molar-refractivity contribution < 1.29 is 24.2 Å². The number of Topliss-reactive ketones (excluding diaryl/α,β-unsaturated/α-hetero) is 1. The third kappa shape index (κ3) is 17.9. The fraction of sp³-hybridized carbons (Fsp3) is 0.543. The Hall–Kier alpha value is -2.60. The lowest BCUT2D eigenvalue weighted by molar-refractivity contribution is -0.127. The number of hydrogen-bond acceptors (Lipinski definition) is 5. The lowest BCUT2D eigenvalue weighted by atomic mass is 9.85. The van der Waals surface area contributed by atoms with Crippen LogP contribution < -0.4 is 0 Å². The quantitative estimate of drug-likeness (QED) is 0.150. The van der Waals surface area contributed by atoms with Crippen LogP contribution in [0.1, 0.15) is 99.6 Å². The number of aryl methyl sites for hydroxylation is 1. The van der Waals surface area contributed by atoms with Crippen LogP contribution in [0.25, 0.3) is 5.57 Å². The zero-order valence-corrected chi connectivity index (χ0v) is 27.6. The molecule has 0 radical (unpaired) electrons. The number of carbonyl (C=O) groups excluding carboxylic acids is 2. The molecule has 1 heterocycles. The van der Waals surface area contributed by atoms with Gasteiger partial charge in [0.25, 0.3) is 0 Å². The molecule has 0 bridgehead atoms. The lowest BCUT2D eigenvalue weighted by Gasteiger charge is -2.24. The van der Waals surface area contributed by atoms with Gasteiger partial charge in [0.05, 0.1) is 18.8 Å². The standard InChI is InChI=1S/C20H24O2.C8H16O2.C4H8.C2H6.CH4O/c1-13-6-8-18(9-7-13)16(4)20(15(3)17(5)21)19-12-22-11-10-14(19)2;1-5-7(6-9)10-8(2,3)4;1-3-4-2;2*1-2/h6-9H,4,10-12H2,1-3,5H3;6-7H,5H2,1-4H3;3H,1,4H2,2H3;1-2H3;2H,1H3/b20-15+;;;;. The molecule has 1 unspecified atom stereocenters. The minimum atomic E-state index is -0.236. The molecule has 0 fully saturated rings. The van der Waals surface area contributed by atoms with Gasteiger partial charge >= 0.3 is 0 Å². The molecular weight excluding hydrogens is 500 g/mol. The third-order valence-corrected chi connectivity index (χ3v) is 5.64. The first-order chi connectivity index (χ1) is 18.8. The Balaban J connectivity index is -0.000000634. The van der Waals surface area contributed by atoms with Gasteiger partial charge in [-0.05, 0) is 95.6 Å². The Bertz CT molecular complexity index is 928. The van der Waals surface area contributed by atoms with Crippen molar-refractivity contribution in [1.82, 2.24) is 0 Å². The van der Waals surface area contributed by atoms with Crippen LogP contribution in [0.15, 0.2) is 65.8 Å². The summed E-state index contributed by atoms with van der Waals surface area (Å²) in [6, 6.07) is 8.26. The van der Waals surface area contributed by atoms with Crippen LogP contribution in [-0.2, 0) is 19.1 Å². The lowest BCUT2D eigenvalue weighted by Crippen LogP contribution is -2.27. The van der Waals surface area contributed by atoms with Crippen molar-refractivity contribution in [3.8, 4) is 0 Å². The number of aliphatic hydroxyl groups is 1. The molecule has 0 aliphatic carbocycles. The minimum absolute atomic E-state index is 0.0779. The zero-order valence-electron chi connectivity index (χ0n) is 27.6. The van der Waals surface area contributed by atoms with E-state index in [1.165, 1.54) is 11.1 Å². The predicted octanol–water partition coefficient (Wildman–Crippen LogP) is 8.65. The molecule has 1 N–H and O–H groups in total. The average Bonchev–Trinajstić information content (AvgIpc) is 2.95. The van der Waals surface area contributed by atoms with E-state index in [-0.39, 0.29) is 17.5 Å². The van der Waals surface area contributed by atoms with Crippen LogP contribution in [0, 0.1) is 6.92 Å². The number of allylic oxidation sites excluding steroid dienone is 3. The van der Waals surface area contributed by atoms with Crippen LogP contribution >= 0.6 is 0 Å². The SMILES string of the molecule is C=C(/C(C1=C(C)CCOC1)=C(/C)C(C)=O)c1ccc(C)cc1.C=CCC.CC.CCC(C=O)OC(C)(C)C.CO. The van der Waals surface area contributed by atoms with Gasteiger partial charge in [-0.25, -0.2) is 0 Å². The Morgan fingerprint density at radius 1 is 1.10 bits per heavy atom. The highest BCUT2D eigenvalue weighted by Crippen LogP contribution is 2.34. The predicted molar refractivity (Wildman–Crippen MR) is 173 cm³/mol. The summed E-state index contributed by atoms with van der Waals surface area (Å²) in [7, 11) is 1.00. The van der Waals surface area contributed by atoms with E-state index in [9.17, 15) is 9.59 Å². The van der Waals surface area contributed by atoms with Crippen LogP contribution in [0.5, 0.6) is 0 Å². The minimum Gasteiger partial charge on any atom is -0.400 e. The van der Waals surface area contributed by atoms with Gasteiger partial charge in [-0.15, -0.1) is 6.58 Å². The second-order valence-corrected chi connectivity index (χ2v) is 9.97. The van der Waals surface area contributed by atoms with Crippen molar-refractivity contribution in [2.24, 2.45) is 0 Å². The van der Waals surface area contributed by atoms with Gasteiger partial charge in [-0.1, -0.05) is 75.8 Å². The molecule has 0 aromatic heterocycles. The van der Waals surface area contributed by atoms with Crippen molar-refractivity contribution in [1.29, 1.82) is 0 Å². The van der Waals surface area contributed by atoms with Gasteiger partial charge in [0.1, 0.15) is 12.4 Å². The zero-order chi connectivity index (χ0) is 31.9. The maximum absolute atomic E-state index is 12.0. The first-order valence-corrected chi connectivity index (χ1v) is 14.3. The first-order valence-electron chi connectivity index (χ1n) is 14.3. The molecule has 228 valence electrons. The Morgan fingerprint density at radius 3 is 1.93 bits per heavy atom. The van der Waals surface area contributed by atoms with E-state index in [0.717, 1.165) is 67.1 Å². The molecule has 1 aromatic rings. The summed E-state index contributed by atoms with van der Waals surface area (Å²) in [5, 5.41) is 7.00. The van der Waals surface area contributed by atoms with Crippen LogP contribution in [0.2, 0.25) is 0 Å². The smallest absolute Gasteiger partial charge is 0.156 e. The van der Waals surface area contributed by atoms with Gasteiger partial charge in [-0.3, -0.25) is 4.79 Å². The maximum atomic E-state index is 12.0. The summed E-state index contributed by atoms with van der Waals surface area (Å²) in [6.07, 6.45) is 5.23. The van der Waals surface area contributed by atoms with Crippen molar-refractivity contribution in [2.45, 2.75) is 107 Å². The molecule has 1 aliphatic rings. The molecular formula is C35H58O5. The Kier molecular flexibility index (Phi) is 25.4. The monoisotopic (exact) mass is 558 g/mol. The molecule has 0 amide bonds. The third-order valence-electron chi connectivity index (χ3n) is 5.64. The molecule has 5 nitrogen and oxygen atoms in total. The Morgan fingerprint density at radius 2 is 1.60 bits per heavy atom. The van der Waals surface area contributed by atoms with Crippen molar-refractivity contribution in [3.63, 3.8) is 0 Å². The topological polar surface area (TPSA) is 72.8 Å². The van der Waals surface area contributed by atoms with Crippen molar-refractivity contribution >= 4 is 17.6 Å². The fourth-order valence-electron chi connectivity index (χ4n) is 3.33. The van der Waals surface area contributed by atoms with E-state index in [1.54, 1.807) is 6.92 Å². The summed E-state index contributed by atoms with van der Waals surface area (Å²) in [4.78, 5) is 22.3. The second-order valence-electron chi connectivity index (χ2n) is 9.97. The molecule has 40 heavy (non-hydrogen) atoms. The van der Waals surface area contributed by atoms with Crippen LogP contribution in [-0.4, -0.2) is 49.2 Å². The van der Waals surface area contributed by atoms with Crippen LogP contribution in [0.3, 0.4) is 0 Å². The molecule has 1 aromatic carbocycles. The number of ketones is 1. The molecule has 1 atom stereocenters. The number of carbonyl (C=O) groups is 2. The van der Waals surface area contributed by atoms with Gasteiger partial charge in [0.2, 0.25) is 0 Å². The summed E-state index contributed by atoms with van der Waals surface area (Å²) in [6.45, 7) is 30.5. The molecule has 1 aliphatic heterocycles. The van der Waals surface area contributed by atoms with Gasteiger partial charge in [0.15, 0.2) is 5.78 Å².